The lowest BCUT2D eigenvalue weighted by molar-refractivity contribution is 0.0526. The average molecular weight is 562 g/mol. The summed E-state index contributed by atoms with van der Waals surface area (Å²) in [6.07, 6.45) is 3.01. The number of thioether (sulfide) groups is 1. The third-order valence-electron chi connectivity index (χ3n) is 5.62. The number of rotatable bonds is 10. The first-order valence-electron chi connectivity index (χ1n) is 11.5. The number of urea groups is 1. The minimum Gasteiger partial charge on any atom is -0.462 e. The van der Waals surface area contributed by atoms with Gasteiger partial charge < -0.3 is 25.7 Å². The molecular weight excluding hydrogens is 523 g/mol. The molecule has 2 amide bonds. The van der Waals surface area contributed by atoms with Crippen LogP contribution < -0.4 is 10.6 Å². The van der Waals surface area contributed by atoms with Crippen molar-refractivity contribution in [1.29, 1.82) is 0 Å². The van der Waals surface area contributed by atoms with Crippen LogP contribution in [0.1, 0.15) is 29.3 Å². The van der Waals surface area contributed by atoms with Gasteiger partial charge in [-0.3, -0.25) is 4.90 Å². The number of amides is 2. The highest BCUT2D eigenvalue weighted by molar-refractivity contribution is 7.98. The molecule has 2 aromatic rings. The number of carbonyl (C=O) groups excluding carboxylic acids is 2. The van der Waals surface area contributed by atoms with Gasteiger partial charge in [0.2, 0.25) is 0 Å². The monoisotopic (exact) mass is 560 g/mol. The Hall–Kier alpha value is -2.01. The van der Waals surface area contributed by atoms with Gasteiger partial charge in [-0.05, 0) is 68.1 Å². The molecule has 11 heteroatoms. The fraction of sp³-hybridized carbons (Fsp3) is 0.440. The van der Waals surface area contributed by atoms with Crippen LogP contribution in [0.4, 0.5) is 10.5 Å². The molecule has 0 aliphatic carbocycles. The van der Waals surface area contributed by atoms with E-state index in [2.05, 4.69) is 51.0 Å². The average Bonchev–Trinajstić information content (AvgIpc) is 2.84. The van der Waals surface area contributed by atoms with Crippen LogP contribution in [-0.2, 0) is 11.3 Å². The number of esters is 1. The Morgan fingerprint density at radius 2 is 1.56 bits per heavy atom. The van der Waals surface area contributed by atoms with E-state index in [1.54, 1.807) is 43.0 Å². The highest BCUT2D eigenvalue weighted by Gasteiger charge is 2.16. The molecule has 36 heavy (non-hydrogen) atoms. The molecule has 202 valence electrons. The molecule has 0 aromatic heterocycles. The van der Waals surface area contributed by atoms with Gasteiger partial charge in [-0.15, -0.1) is 36.6 Å². The number of benzene rings is 2. The van der Waals surface area contributed by atoms with E-state index in [1.165, 1.54) is 10.5 Å². The van der Waals surface area contributed by atoms with Crippen LogP contribution in [0.15, 0.2) is 53.4 Å². The third kappa shape index (κ3) is 11.4. The third-order valence-corrected chi connectivity index (χ3v) is 6.36. The van der Waals surface area contributed by atoms with Gasteiger partial charge in [0.1, 0.15) is 0 Å². The lowest BCUT2D eigenvalue weighted by Gasteiger charge is -2.34. The van der Waals surface area contributed by atoms with Crippen LogP contribution >= 0.6 is 36.6 Å². The molecule has 1 aliphatic heterocycles. The Morgan fingerprint density at radius 1 is 0.944 bits per heavy atom. The maximum Gasteiger partial charge on any atom is 0.338 e. The molecule has 0 saturated carbocycles. The number of hydrogen-bond acceptors (Lipinski definition) is 6. The van der Waals surface area contributed by atoms with Crippen LogP contribution in [0.5, 0.6) is 0 Å². The minimum atomic E-state index is -0.362. The zero-order valence-corrected chi connectivity index (χ0v) is 23.3. The Labute approximate surface area is 230 Å². The van der Waals surface area contributed by atoms with Gasteiger partial charge in [0.05, 0.1) is 12.2 Å². The highest BCUT2D eigenvalue weighted by Crippen LogP contribution is 2.16. The fourth-order valence-corrected chi connectivity index (χ4v) is 4.15. The van der Waals surface area contributed by atoms with E-state index in [0.29, 0.717) is 24.4 Å². The standard InChI is InChI=1S/C25H34N4O3S.2ClH.H2O/c1-3-32-24(30)21-7-9-22(10-8-21)27-25(31)26-13-4-14-28-15-17-29(18-16-28)19-20-5-11-23(33-2)12-6-20;;;/h5-12H,3-4,13-19H2,1-2H3,(H2,26,27,31);2*1H;1H2. The van der Waals surface area contributed by atoms with Gasteiger partial charge in [-0.1, -0.05) is 12.1 Å². The summed E-state index contributed by atoms with van der Waals surface area (Å²) in [5, 5.41) is 5.69. The van der Waals surface area contributed by atoms with Gasteiger partial charge in [0.25, 0.3) is 0 Å². The van der Waals surface area contributed by atoms with Crippen molar-refractivity contribution in [2.45, 2.75) is 24.8 Å². The van der Waals surface area contributed by atoms with E-state index in [4.69, 9.17) is 4.74 Å². The Balaban J connectivity index is 0.00000408. The van der Waals surface area contributed by atoms with Crippen molar-refractivity contribution in [3.05, 3.63) is 59.7 Å². The molecule has 0 unspecified atom stereocenters. The second-order valence-electron chi connectivity index (χ2n) is 8.00. The quantitative estimate of drug-likeness (QED) is 0.259. The summed E-state index contributed by atoms with van der Waals surface area (Å²) in [4.78, 5) is 30.0. The smallest absolute Gasteiger partial charge is 0.338 e. The maximum atomic E-state index is 12.1. The number of ether oxygens (including phenoxy) is 1. The van der Waals surface area contributed by atoms with Gasteiger partial charge in [0.15, 0.2) is 0 Å². The van der Waals surface area contributed by atoms with Crippen LogP contribution in [0.3, 0.4) is 0 Å². The molecule has 1 aliphatic rings. The molecular formula is C25H38Cl2N4O4S. The largest absolute Gasteiger partial charge is 0.462 e. The van der Waals surface area contributed by atoms with Gasteiger partial charge >= 0.3 is 12.0 Å². The lowest BCUT2D eigenvalue weighted by atomic mass is 10.2. The van der Waals surface area contributed by atoms with E-state index < -0.39 is 0 Å². The zero-order valence-electron chi connectivity index (χ0n) is 20.8. The number of nitrogens with zero attached hydrogens (tertiary/aromatic N) is 2. The highest BCUT2D eigenvalue weighted by atomic mass is 35.5. The number of piperazine rings is 1. The van der Waals surface area contributed by atoms with Crippen molar-refractivity contribution in [3.8, 4) is 0 Å². The number of anilines is 1. The van der Waals surface area contributed by atoms with Crippen molar-refractivity contribution in [3.63, 3.8) is 0 Å². The van der Waals surface area contributed by atoms with Crippen LogP contribution in [0.25, 0.3) is 0 Å². The van der Waals surface area contributed by atoms with Gasteiger partial charge in [0, 0.05) is 49.9 Å². The second-order valence-corrected chi connectivity index (χ2v) is 8.88. The summed E-state index contributed by atoms with van der Waals surface area (Å²) in [5.41, 5.74) is 2.48. The van der Waals surface area contributed by atoms with Crippen molar-refractivity contribution in [2.75, 3.05) is 57.4 Å². The van der Waals surface area contributed by atoms with Crippen LogP contribution in [-0.4, -0.2) is 79.4 Å². The van der Waals surface area contributed by atoms with Crippen molar-refractivity contribution >= 4 is 54.3 Å². The van der Waals surface area contributed by atoms with Gasteiger partial charge in [-0.2, -0.15) is 0 Å². The minimum absolute atomic E-state index is 0. The first-order chi connectivity index (χ1) is 16.1. The molecule has 0 radical (unpaired) electrons. The van der Waals surface area contributed by atoms with Crippen LogP contribution in [0, 0.1) is 0 Å². The predicted octanol–water partition coefficient (Wildman–Crippen LogP) is 3.93. The Kier molecular flexibility index (Phi) is 17.2. The van der Waals surface area contributed by atoms with E-state index in [0.717, 1.165) is 45.7 Å². The molecule has 0 spiro atoms. The second kappa shape index (κ2) is 18.3. The first kappa shape index (κ1) is 34.0. The Morgan fingerprint density at radius 3 is 2.14 bits per heavy atom. The predicted molar refractivity (Wildman–Crippen MR) is 152 cm³/mol. The molecule has 4 N–H and O–H groups in total. The normalized spacial score (nSPS) is 13.4. The zero-order chi connectivity index (χ0) is 23.5. The molecule has 2 aromatic carbocycles. The summed E-state index contributed by atoms with van der Waals surface area (Å²) in [6.45, 7) is 8.96. The van der Waals surface area contributed by atoms with Crippen LogP contribution in [0.2, 0.25) is 0 Å². The number of nitrogens with one attached hydrogen (secondary N) is 2. The summed E-state index contributed by atoms with van der Waals surface area (Å²) >= 11 is 1.77. The summed E-state index contributed by atoms with van der Waals surface area (Å²) in [5.74, 6) is -0.362. The molecule has 3 rings (SSSR count). The molecule has 1 saturated heterocycles. The topological polar surface area (TPSA) is 105 Å². The summed E-state index contributed by atoms with van der Waals surface area (Å²) < 4.78 is 4.96. The SMILES string of the molecule is CCOC(=O)c1ccc(NC(=O)NCCCN2CCN(Cc3ccc(SC)cc3)CC2)cc1.Cl.Cl.O. The molecule has 1 fully saturated rings. The lowest BCUT2D eigenvalue weighted by Crippen LogP contribution is -2.46. The summed E-state index contributed by atoms with van der Waals surface area (Å²) in [7, 11) is 0. The molecule has 0 atom stereocenters. The molecule has 1 heterocycles. The maximum absolute atomic E-state index is 12.1. The van der Waals surface area contributed by atoms with E-state index in [-0.39, 0.29) is 42.3 Å². The molecule has 0 bridgehead atoms. The van der Waals surface area contributed by atoms with E-state index in [1.807, 2.05) is 0 Å². The number of carbonyl (C=O) groups is 2. The number of halogens is 2. The van der Waals surface area contributed by atoms with Gasteiger partial charge in [-0.25, -0.2) is 9.59 Å². The fourth-order valence-electron chi connectivity index (χ4n) is 3.74. The van der Waals surface area contributed by atoms with E-state index in [9.17, 15) is 9.59 Å². The first-order valence-corrected chi connectivity index (χ1v) is 12.7. The van der Waals surface area contributed by atoms with E-state index >= 15 is 0 Å². The Bertz CT molecular complexity index is 896. The van der Waals surface area contributed by atoms with Crippen molar-refractivity contribution in [1.82, 2.24) is 15.1 Å². The summed E-state index contributed by atoms with van der Waals surface area (Å²) in [6, 6.07) is 15.3. The van der Waals surface area contributed by atoms with Crippen molar-refractivity contribution < 1.29 is 19.8 Å². The number of hydrogen-bond donors (Lipinski definition) is 2. The molecule has 8 nitrogen and oxygen atoms in total. The van der Waals surface area contributed by atoms with Crippen molar-refractivity contribution in [2.24, 2.45) is 0 Å².